The highest BCUT2D eigenvalue weighted by molar-refractivity contribution is 6.31. The minimum absolute atomic E-state index is 0.0503. The van der Waals surface area contributed by atoms with Crippen molar-refractivity contribution >= 4 is 29.1 Å². The highest BCUT2D eigenvalue weighted by Gasteiger charge is 2.33. The fraction of sp³-hybridized carbons (Fsp3) is 0.423. The van der Waals surface area contributed by atoms with Crippen molar-refractivity contribution in [1.29, 1.82) is 0 Å². The molecule has 2 atom stereocenters. The Labute approximate surface area is 224 Å². The number of carbonyl (C=O) groups excluding carboxylic acids is 2. The number of amides is 2. The molecule has 4 rings (SSSR count). The summed E-state index contributed by atoms with van der Waals surface area (Å²) in [6, 6.07) is 8.50. The van der Waals surface area contributed by atoms with Crippen LogP contribution in [-0.2, 0) is 20.9 Å². The van der Waals surface area contributed by atoms with E-state index in [-0.39, 0.29) is 41.0 Å². The lowest BCUT2D eigenvalue weighted by Gasteiger charge is -2.32. The lowest BCUT2D eigenvalue weighted by Crippen LogP contribution is -2.52. The fourth-order valence-electron chi connectivity index (χ4n) is 4.27. The van der Waals surface area contributed by atoms with Crippen LogP contribution in [0.5, 0.6) is 0 Å². The number of nitrogens with zero attached hydrogens (tertiary/aromatic N) is 5. The van der Waals surface area contributed by atoms with E-state index in [9.17, 15) is 18.4 Å². The summed E-state index contributed by atoms with van der Waals surface area (Å²) in [5.74, 6) is -1.67. The maximum atomic E-state index is 14.0. The van der Waals surface area contributed by atoms with Gasteiger partial charge in [-0.2, -0.15) is 4.80 Å². The van der Waals surface area contributed by atoms with Gasteiger partial charge in [-0.1, -0.05) is 25.4 Å². The van der Waals surface area contributed by atoms with E-state index >= 15 is 0 Å². The zero-order valence-electron chi connectivity index (χ0n) is 21.1. The predicted octanol–water partition coefficient (Wildman–Crippen LogP) is 4.01. The van der Waals surface area contributed by atoms with Crippen molar-refractivity contribution in [2.75, 3.05) is 18.1 Å². The van der Waals surface area contributed by atoms with Crippen molar-refractivity contribution in [2.45, 2.75) is 51.8 Å². The van der Waals surface area contributed by atoms with E-state index in [0.29, 0.717) is 25.1 Å². The second kappa shape index (κ2) is 12.4. The second-order valence-electron chi connectivity index (χ2n) is 9.54. The van der Waals surface area contributed by atoms with Crippen molar-refractivity contribution < 1.29 is 23.1 Å². The molecular formula is C26H29ClF2N6O3. The Bertz CT molecular complexity index is 1260. The van der Waals surface area contributed by atoms with Crippen LogP contribution in [0.3, 0.4) is 0 Å². The molecule has 0 unspecified atom stereocenters. The number of rotatable bonds is 10. The number of hydrogen-bond donors (Lipinski definition) is 1. The zero-order chi connectivity index (χ0) is 27.2. The van der Waals surface area contributed by atoms with Crippen LogP contribution in [0.1, 0.15) is 33.1 Å². The number of nitrogens with one attached hydrogen (secondary N) is 1. The number of ether oxygens (including phenoxy) is 1. The molecule has 0 bridgehead atoms. The first kappa shape index (κ1) is 27.6. The number of benzene rings is 2. The van der Waals surface area contributed by atoms with Gasteiger partial charge in [0.25, 0.3) is 5.91 Å². The van der Waals surface area contributed by atoms with Crippen molar-refractivity contribution in [3.05, 3.63) is 59.1 Å². The largest absolute Gasteiger partial charge is 0.376 e. The Morgan fingerprint density at radius 1 is 1.21 bits per heavy atom. The third-order valence-corrected chi connectivity index (χ3v) is 6.41. The van der Waals surface area contributed by atoms with Gasteiger partial charge in [-0.15, -0.1) is 10.2 Å². The van der Waals surface area contributed by atoms with Crippen molar-refractivity contribution in [3.8, 4) is 11.4 Å². The van der Waals surface area contributed by atoms with E-state index in [1.807, 2.05) is 13.8 Å². The molecule has 1 fully saturated rings. The molecule has 2 aromatic carbocycles. The highest BCUT2D eigenvalue weighted by atomic mass is 35.5. The molecule has 3 aromatic rings. The number of aromatic nitrogens is 4. The SMILES string of the molecule is CC(C)C[C@H](C(=O)NC[C@@H]1CCCO1)N(C(=O)Cn1nnc(-c2ccc(F)cc2)n1)c1ccc(F)c(Cl)c1. The van der Waals surface area contributed by atoms with Crippen molar-refractivity contribution in [3.63, 3.8) is 0 Å². The molecule has 2 heterocycles. The lowest BCUT2D eigenvalue weighted by atomic mass is 10.00. The van der Waals surface area contributed by atoms with Crippen LogP contribution in [0.25, 0.3) is 11.4 Å². The van der Waals surface area contributed by atoms with Gasteiger partial charge in [-0.25, -0.2) is 8.78 Å². The van der Waals surface area contributed by atoms with Crippen LogP contribution < -0.4 is 10.2 Å². The first-order valence-electron chi connectivity index (χ1n) is 12.4. The monoisotopic (exact) mass is 546 g/mol. The van der Waals surface area contributed by atoms with Gasteiger partial charge < -0.3 is 10.1 Å². The van der Waals surface area contributed by atoms with Gasteiger partial charge in [-0.05, 0) is 72.9 Å². The molecule has 0 saturated carbocycles. The van der Waals surface area contributed by atoms with Gasteiger partial charge in [0.1, 0.15) is 24.2 Å². The van der Waals surface area contributed by atoms with E-state index in [0.717, 1.165) is 23.7 Å². The van der Waals surface area contributed by atoms with Crippen LogP contribution in [0.2, 0.25) is 5.02 Å². The van der Waals surface area contributed by atoms with Crippen LogP contribution in [0.4, 0.5) is 14.5 Å². The molecule has 202 valence electrons. The summed E-state index contributed by atoms with van der Waals surface area (Å²) in [7, 11) is 0. The van der Waals surface area contributed by atoms with E-state index in [1.54, 1.807) is 0 Å². The molecule has 9 nitrogen and oxygen atoms in total. The minimum Gasteiger partial charge on any atom is -0.376 e. The molecule has 1 saturated heterocycles. The number of carbonyl (C=O) groups is 2. The summed E-state index contributed by atoms with van der Waals surface area (Å²) >= 11 is 6.05. The standard InChI is InChI=1S/C26H29ClF2N6O3/c1-16(2)12-23(26(37)30-14-20-4-3-11-38-20)35(19-9-10-22(29)21(27)13-19)24(36)15-34-32-25(31-33-34)17-5-7-18(28)8-6-17/h5-10,13,16,20,23H,3-4,11-12,14-15H2,1-2H3,(H,30,37)/t20-,23+/m0/s1. The van der Waals surface area contributed by atoms with E-state index in [4.69, 9.17) is 16.3 Å². The fourth-order valence-corrected chi connectivity index (χ4v) is 4.44. The molecular weight excluding hydrogens is 518 g/mol. The van der Waals surface area contributed by atoms with Crippen LogP contribution in [0.15, 0.2) is 42.5 Å². The van der Waals surface area contributed by atoms with Crippen molar-refractivity contribution in [1.82, 2.24) is 25.5 Å². The zero-order valence-corrected chi connectivity index (χ0v) is 21.9. The topological polar surface area (TPSA) is 102 Å². The first-order chi connectivity index (χ1) is 18.2. The van der Waals surface area contributed by atoms with Gasteiger partial charge >= 0.3 is 0 Å². The average Bonchev–Trinajstić information content (AvgIpc) is 3.57. The minimum atomic E-state index is -0.912. The summed E-state index contributed by atoms with van der Waals surface area (Å²) < 4.78 is 32.9. The molecule has 1 aliphatic heterocycles. The Kier molecular flexibility index (Phi) is 9.01. The van der Waals surface area contributed by atoms with Crippen LogP contribution >= 0.6 is 11.6 Å². The highest BCUT2D eigenvalue weighted by Crippen LogP contribution is 2.27. The smallest absolute Gasteiger partial charge is 0.251 e. The molecule has 0 aliphatic carbocycles. The molecule has 1 aliphatic rings. The summed E-state index contributed by atoms with van der Waals surface area (Å²) in [5.41, 5.74) is 0.789. The summed E-state index contributed by atoms with van der Waals surface area (Å²) in [5, 5.41) is 14.9. The van der Waals surface area contributed by atoms with Gasteiger partial charge in [-0.3, -0.25) is 14.5 Å². The lowest BCUT2D eigenvalue weighted by molar-refractivity contribution is -0.127. The van der Waals surface area contributed by atoms with Crippen LogP contribution in [-0.4, -0.2) is 57.3 Å². The predicted molar refractivity (Wildman–Crippen MR) is 137 cm³/mol. The van der Waals surface area contributed by atoms with E-state index in [1.165, 1.54) is 41.3 Å². The maximum absolute atomic E-state index is 14.0. The number of halogens is 3. The number of anilines is 1. The Morgan fingerprint density at radius 3 is 2.63 bits per heavy atom. The van der Waals surface area contributed by atoms with Gasteiger partial charge in [0.2, 0.25) is 11.7 Å². The molecule has 1 aromatic heterocycles. The molecule has 38 heavy (non-hydrogen) atoms. The molecule has 12 heteroatoms. The summed E-state index contributed by atoms with van der Waals surface area (Å²) in [6.07, 6.45) is 2.04. The molecule has 0 radical (unpaired) electrons. The molecule has 2 amide bonds. The van der Waals surface area contributed by atoms with E-state index in [2.05, 4.69) is 20.7 Å². The third kappa shape index (κ3) is 6.90. The Balaban J connectivity index is 1.61. The Morgan fingerprint density at radius 2 is 1.97 bits per heavy atom. The number of tetrazole rings is 1. The van der Waals surface area contributed by atoms with Crippen molar-refractivity contribution in [2.24, 2.45) is 5.92 Å². The van der Waals surface area contributed by atoms with Gasteiger partial charge in [0.15, 0.2) is 0 Å². The average molecular weight is 547 g/mol. The second-order valence-corrected chi connectivity index (χ2v) is 9.95. The van der Waals surface area contributed by atoms with Gasteiger partial charge in [0.05, 0.1) is 11.1 Å². The third-order valence-electron chi connectivity index (χ3n) is 6.12. The maximum Gasteiger partial charge on any atom is 0.251 e. The summed E-state index contributed by atoms with van der Waals surface area (Å²) in [4.78, 5) is 29.5. The Hall–Kier alpha value is -3.44. The van der Waals surface area contributed by atoms with E-state index < -0.39 is 23.6 Å². The first-order valence-corrected chi connectivity index (χ1v) is 12.8. The normalized spacial score (nSPS) is 16.0. The molecule has 1 N–H and O–H groups in total. The summed E-state index contributed by atoms with van der Waals surface area (Å²) in [6.45, 7) is 4.50. The molecule has 0 spiro atoms. The van der Waals surface area contributed by atoms with Crippen LogP contribution in [0, 0.1) is 17.6 Å². The quantitative estimate of drug-likeness (QED) is 0.412. The number of hydrogen-bond acceptors (Lipinski definition) is 6. The van der Waals surface area contributed by atoms with Gasteiger partial charge in [0, 0.05) is 24.4 Å².